The fourth-order valence-corrected chi connectivity index (χ4v) is 4.09. The molecule has 1 unspecified atom stereocenters. The van der Waals surface area contributed by atoms with Crippen LogP contribution >= 0.6 is 11.8 Å². The SMILES string of the molecule is Cc1ccc(C)c(-n2ccnc2SCC(=O)NC(C)c2ccc(-n3cncn3)cc2)c1. The minimum atomic E-state index is -0.100. The summed E-state index contributed by atoms with van der Waals surface area (Å²) in [5.74, 6) is 0.261. The summed E-state index contributed by atoms with van der Waals surface area (Å²) >= 11 is 1.43. The van der Waals surface area contributed by atoms with Crippen molar-refractivity contribution in [1.29, 1.82) is 0 Å². The second kappa shape index (κ2) is 9.18. The van der Waals surface area contributed by atoms with Crippen molar-refractivity contribution in [3.05, 3.63) is 84.2 Å². The van der Waals surface area contributed by atoms with Crippen LogP contribution in [0.25, 0.3) is 11.4 Å². The standard InChI is InChI=1S/C23H24N6OS/c1-16-4-5-17(2)21(12-16)28-11-10-25-23(28)31-13-22(30)27-18(3)19-6-8-20(9-7-19)29-15-24-14-26-29/h4-12,14-15,18H,13H2,1-3H3,(H,27,30). The molecule has 0 aliphatic carbocycles. The third-order valence-corrected chi connectivity index (χ3v) is 5.98. The van der Waals surface area contributed by atoms with Gasteiger partial charge in [-0.3, -0.25) is 9.36 Å². The number of rotatable bonds is 7. The van der Waals surface area contributed by atoms with Crippen LogP contribution in [0.4, 0.5) is 0 Å². The number of benzene rings is 2. The highest BCUT2D eigenvalue weighted by Crippen LogP contribution is 2.24. The molecule has 0 bridgehead atoms. The predicted molar refractivity (Wildman–Crippen MR) is 122 cm³/mol. The van der Waals surface area contributed by atoms with Crippen molar-refractivity contribution in [1.82, 2.24) is 29.6 Å². The van der Waals surface area contributed by atoms with Crippen molar-refractivity contribution in [2.75, 3.05) is 5.75 Å². The van der Waals surface area contributed by atoms with E-state index in [1.807, 2.05) is 42.0 Å². The molecule has 7 nitrogen and oxygen atoms in total. The van der Waals surface area contributed by atoms with Gasteiger partial charge in [-0.05, 0) is 55.7 Å². The van der Waals surface area contributed by atoms with Crippen LogP contribution in [0.1, 0.15) is 29.7 Å². The van der Waals surface area contributed by atoms with Gasteiger partial charge in [0.1, 0.15) is 12.7 Å². The van der Waals surface area contributed by atoms with Crippen molar-refractivity contribution in [2.24, 2.45) is 0 Å². The van der Waals surface area contributed by atoms with Crippen LogP contribution < -0.4 is 5.32 Å². The first-order valence-electron chi connectivity index (χ1n) is 9.99. The average molecular weight is 433 g/mol. The van der Waals surface area contributed by atoms with Crippen molar-refractivity contribution >= 4 is 17.7 Å². The molecule has 2 aromatic heterocycles. The van der Waals surface area contributed by atoms with E-state index in [-0.39, 0.29) is 11.9 Å². The molecular formula is C23H24N6OS. The first-order valence-corrected chi connectivity index (χ1v) is 11.0. The average Bonchev–Trinajstić information content (AvgIpc) is 3.46. The zero-order valence-electron chi connectivity index (χ0n) is 17.7. The van der Waals surface area contributed by atoms with E-state index in [0.717, 1.165) is 27.7 Å². The highest BCUT2D eigenvalue weighted by atomic mass is 32.2. The number of carbonyl (C=O) groups is 1. The first kappa shape index (κ1) is 20.9. The maximum atomic E-state index is 12.6. The van der Waals surface area contributed by atoms with Crippen LogP contribution in [0.15, 0.2) is 72.7 Å². The van der Waals surface area contributed by atoms with Crippen molar-refractivity contribution in [3.63, 3.8) is 0 Å². The van der Waals surface area contributed by atoms with E-state index < -0.39 is 0 Å². The summed E-state index contributed by atoms with van der Waals surface area (Å²) in [5.41, 5.74) is 5.39. The van der Waals surface area contributed by atoms with Gasteiger partial charge in [0.25, 0.3) is 0 Å². The zero-order valence-corrected chi connectivity index (χ0v) is 18.5. The van der Waals surface area contributed by atoms with Crippen LogP contribution in [-0.4, -0.2) is 36.0 Å². The maximum Gasteiger partial charge on any atom is 0.230 e. The predicted octanol–water partition coefficient (Wildman–Crippen LogP) is 4.04. The molecule has 2 heterocycles. The minimum absolute atomic E-state index is 0.0339. The molecule has 0 aliphatic heterocycles. The largest absolute Gasteiger partial charge is 0.349 e. The van der Waals surface area contributed by atoms with Gasteiger partial charge in [-0.2, -0.15) is 5.10 Å². The number of thioether (sulfide) groups is 1. The molecule has 2 aromatic carbocycles. The van der Waals surface area contributed by atoms with E-state index in [9.17, 15) is 4.79 Å². The molecule has 0 aliphatic rings. The number of amides is 1. The number of nitrogens with zero attached hydrogens (tertiary/aromatic N) is 5. The number of hydrogen-bond donors (Lipinski definition) is 1. The Morgan fingerprint density at radius 3 is 2.71 bits per heavy atom. The third-order valence-electron chi connectivity index (χ3n) is 5.02. The summed E-state index contributed by atoms with van der Waals surface area (Å²) in [5, 5.41) is 7.98. The van der Waals surface area contributed by atoms with Crippen LogP contribution in [-0.2, 0) is 4.79 Å². The lowest BCUT2D eigenvalue weighted by Crippen LogP contribution is -2.28. The van der Waals surface area contributed by atoms with Gasteiger partial charge in [0.2, 0.25) is 5.91 Å². The van der Waals surface area contributed by atoms with E-state index in [1.165, 1.54) is 23.7 Å². The Kier molecular flexibility index (Phi) is 6.18. The monoisotopic (exact) mass is 432 g/mol. The molecule has 4 rings (SSSR count). The van der Waals surface area contributed by atoms with E-state index in [0.29, 0.717) is 5.75 Å². The number of aryl methyl sites for hydroxylation is 2. The Hall–Kier alpha value is -3.39. The van der Waals surface area contributed by atoms with Crippen LogP contribution in [0.5, 0.6) is 0 Å². The quantitative estimate of drug-likeness (QED) is 0.446. The van der Waals surface area contributed by atoms with E-state index >= 15 is 0 Å². The molecule has 0 spiro atoms. The molecule has 4 aromatic rings. The summed E-state index contributed by atoms with van der Waals surface area (Å²) in [7, 11) is 0. The number of hydrogen-bond acceptors (Lipinski definition) is 5. The molecule has 1 N–H and O–H groups in total. The highest BCUT2D eigenvalue weighted by molar-refractivity contribution is 7.99. The molecule has 0 fully saturated rings. The molecule has 0 saturated carbocycles. The Bertz CT molecular complexity index is 1170. The normalized spacial score (nSPS) is 12.0. The molecule has 158 valence electrons. The third kappa shape index (κ3) is 4.86. The van der Waals surface area contributed by atoms with Crippen molar-refractivity contribution < 1.29 is 4.79 Å². The Morgan fingerprint density at radius 1 is 1.16 bits per heavy atom. The van der Waals surface area contributed by atoms with Gasteiger partial charge < -0.3 is 5.32 Å². The van der Waals surface area contributed by atoms with E-state index in [1.54, 1.807) is 17.2 Å². The number of nitrogens with one attached hydrogen (secondary N) is 1. The topological polar surface area (TPSA) is 77.6 Å². The van der Waals surface area contributed by atoms with Gasteiger partial charge in [0, 0.05) is 12.4 Å². The summed E-state index contributed by atoms with van der Waals surface area (Å²) in [6.45, 7) is 6.12. The van der Waals surface area contributed by atoms with Crippen molar-refractivity contribution in [2.45, 2.75) is 32.0 Å². The number of carbonyl (C=O) groups excluding carboxylic acids is 1. The smallest absolute Gasteiger partial charge is 0.230 e. The Labute approximate surface area is 185 Å². The number of imidazole rings is 1. The first-order chi connectivity index (χ1) is 15.0. The molecule has 31 heavy (non-hydrogen) atoms. The Balaban J connectivity index is 1.37. The van der Waals surface area contributed by atoms with Gasteiger partial charge >= 0.3 is 0 Å². The lowest BCUT2D eigenvalue weighted by atomic mass is 10.1. The second-order valence-corrected chi connectivity index (χ2v) is 8.32. The molecule has 0 radical (unpaired) electrons. The lowest BCUT2D eigenvalue weighted by Gasteiger charge is -2.15. The summed E-state index contributed by atoms with van der Waals surface area (Å²) < 4.78 is 3.73. The van der Waals surface area contributed by atoms with E-state index in [2.05, 4.69) is 52.4 Å². The van der Waals surface area contributed by atoms with Crippen molar-refractivity contribution in [3.8, 4) is 11.4 Å². The summed E-state index contributed by atoms with van der Waals surface area (Å²) in [6.07, 6.45) is 6.85. The second-order valence-electron chi connectivity index (χ2n) is 7.38. The molecule has 0 saturated heterocycles. The van der Waals surface area contributed by atoms with Gasteiger partial charge in [-0.25, -0.2) is 14.6 Å². The maximum absolute atomic E-state index is 12.6. The van der Waals surface area contributed by atoms with Crippen LogP contribution in [0, 0.1) is 13.8 Å². The molecule has 1 amide bonds. The molecule has 1 atom stereocenters. The summed E-state index contributed by atoms with van der Waals surface area (Å²) in [6, 6.07) is 14.1. The molecular weight excluding hydrogens is 408 g/mol. The minimum Gasteiger partial charge on any atom is -0.349 e. The van der Waals surface area contributed by atoms with Crippen LogP contribution in [0.3, 0.4) is 0 Å². The van der Waals surface area contributed by atoms with E-state index in [4.69, 9.17) is 0 Å². The highest BCUT2D eigenvalue weighted by Gasteiger charge is 2.13. The zero-order chi connectivity index (χ0) is 21.8. The lowest BCUT2D eigenvalue weighted by molar-refractivity contribution is -0.119. The Morgan fingerprint density at radius 2 is 1.97 bits per heavy atom. The molecule has 8 heteroatoms. The number of aromatic nitrogens is 5. The van der Waals surface area contributed by atoms with Gasteiger partial charge in [-0.1, -0.05) is 36.0 Å². The van der Waals surface area contributed by atoms with Gasteiger partial charge in [0.05, 0.1) is 23.2 Å². The van der Waals surface area contributed by atoms with Gasteiger partial charge in [-0.15, -0.1) is 0 Å². The fraction of sp³-hybridized carbons (Fsp3) is 0.217. The fourth-order valence-electron chi connectivity index (χ4n) is 3.31. The van der Waals surface area contributed by atoms with Crippen LogP contribution in [0.2, 0.25) is 0 Å². The summed E-state index contributed by atoms with van der Waals surface area (Å²) in [4.78, 5) is 20.9. The van der Waals surface area contributed by atoms with Gasteiger partial charge in [0.15, 0.2) is 5.16 Å².